The molecule has 5 heavy (non-hydrogen) atoms. The first-order valence-electron chi connectivity index (χ1n) is 0.608. The van der Waals surface area contributed by atoms with Gasteiger partial charge in [0.1, 0.15) is 0 Å². The van der Waals surface area contributed by atoms with Crippen LogP contribution in [-0.2, 0) is 4.47 Å². The third-order valence-corrected chi connectivity index (χ3v) is 0. The van der Waals surface area contributed by atoms with E-state index in [-0.39, 0.29) is 0 Å². The molecule has 4 nitrogen and oxygen atoms in total. The predicted molar refractivity (Wildman–Crippen MR) is 6.63 cm³/mol. The standard InChI is InChI=1S/H2O2.2O.U/c1-2;;;/h1-2H;;;. The predicted octanol–water partition coefficient (Wildman–Crippen LogP) is -0.220. The molecule has 0 aliphatic heterocycles. The molecule has 0 radical (unpaired) electrons. The molecule has 5 heteroatoms. The summed E-state index contributed by atoms with van der Waals surface area (Å²) in [5, 5.41) is 12.0. The molecule has 0 atom stereocenters. The molecule has 0 rings (SSSR count). The second-order valence-corrected chi connectivity index (χ2v) is 0.777. The van der Waals surface area contributed by atoms with Crippen molar-refractivity contribution in [3.8, 4) is 0 Å². The molecular formula is H2O4U. The van der Waals surface area contributed by atoms with Gasteiger partial charge in [-0.05, 0) is 0 Å². The summed E-state index contributed by atoms with van der Waals surface area (Å²) in [6, 6.07) is 0. The van der Waals surface area contributed by atoms with Gasteiger partial charge in [-0.25, -0.2) is 0 Å². The van der Waals surface area contributed by atoms with Gasteiger partial charge < -0.3 is 0 Å². The van der Waals surface area contributed by atoms with Crippen molar-refractivity contribution in [3.63, 3.8) is 0 Å². The SMILES string of the molecule is OO.[O]=[U]=[O]. The molecule has 0 saturated carbocycles. The Labute approximate surface area is 43.0 Å². The Morgan fingerprint density at radius 1 is 1.20 bits per heavy atom. The van der Waals surface area contributed by atoms with Gasteiger partial charge >= 0.3 is 32.3 Å². The van der Waals surface area contributed by atoms with Gasteiger partial charge in [-0.3, -0.25) is 10.5 Å². The van der Waals surface area contributed by atoms with Gasteiger partial charge in [-0.1, -0.05) is 0 Å². The molecule has 0 aromatic carbocycles. The van der Waals surface area contributed by atoms with Crippen LogP contribution in [0, 0.1) is 27.8 Å². The molecule has 0 aliphatic rings. The summed E-state index contributed by atoms with van der Waals surface area (Å²) >= 11 is -2.51. The molecule has 0 amide bonds. The first kappa shape index (κ1) is 9.13. The second-order valence-electron chi connectivity index (χ2n) is 0.0833. The van der Waals surface area contributed by atoms with Gasteiger partial charge in [0.15, 0.2) is 0 Å². The summed E-state index contributed by atoms with van der Waals surface area (Å²) < 4.78 is 17.2. The zero-order valence-corrected chi connectivity index (χ0v) is 6.37. The quantitative estimate of drug-likeness (QED) is 0.479. The van der Waals surface area contributed by atoms with Crippen molar-refractivity contribution in [1.29, 1.82) is 0 Å². The fourth-order valence-corrected chi connectivity index (χ4v) is 0. The Balaban J connectivity index is 0. The van der Waals surface area contributed by atoms with Crippen LogP contribution in [0.4, 0.5) is 0 Å². The van der Waals surface area contributed by atoms with Crippen LogP contribution < -0.4 is 0 Å². The van der Waals surface area contributed by atoms with E-state index in [0.717, 1.165) is 0 Å². The van der Waals surface area contributed by atoms with Gasteiger partial charge in [0.05, 0.1) is 0 Å². The van der Waals surface area contributed by atoms with Crippen LogP contribution in [0.1, 0.15) is 0 Å². The Kier molecular flexibility index (Phi) is 43.1. The Morgan fingerprint density at radius 2 is 1.20 bits per heavy atom. The number of hydrogen-bond acceptors (Lipinski definition) is 4. The minimum atomic E-state index is -2.51. The van der Waals surface area contributed by atoms with Crippen molar-refractivity contribution in [2.75, 3.05) is 0 Å². The van der Waals surface area contributed by atoms with Crippen molar-refractivity contribution in [3.05, 3.63) is 0 Å². The van der Waals surface area contributed by atoms with Gasteiger partial charge in [-0.2, -0.15) is 0 Å². The Hall–Kier alpha value is 0.572. The molecule has 0 saturated heterocycles. The maximum atomic E-state index is 8.58. The van der Waals surface area contributed by atoms with E-state index in [2.05, 4.69) is 0 Å². The second kappa shape index (κ2) is 23.6. The number of rotatable bonds is 0. The number of hydrogen-bond donors (Lipinski definition) is 2. The first-order valence-corrected chi connectivity index (χ1v) is 4.01. The Morgan fingerprint density at radius 3 is 1.20 bits per heavy atom. The van der Waals surface area contributed by atoms with Crippen LogP contribution in [0.25, 0.3) is 0 Å². The normalized spacial score (nSPS) is 2.80. The van der Waals surface area contributed by atoms with Crippen LogP contribution in [0.2, 0.25) is 0 Å². The molecule has 0 aliphatic carbocycles. The van der Waals surface area contributed by atoms with E-state index >= 15 is 0 Å². The van der Waals surface area contributed by atoms with Gasteiger partial charge in [0.2, 0.25) is 0 Å². The third kappa shape index (κ3) is 92.5. The van der Waals surface area contributed by atoms with Crippen LogP contribution >= 0.6 is 0 Å². The molecular weight excluding hydrogens is 302 g/mol. The van der Waals surface area contributed by atoms with Crippen molar-refractivity contribution < 1.29 is 42.8 Å². The zero-order chi connectivity index (χ0) is 4.71. The van der Waals surface area contributed by atoms with Crippen molar-refractivity contribution in [2.24, 2.45) is 0 Å². The third-order valence-electron chi connectivity index (χ3n) is 0. The van der Waals surface area contributed by atoms with Crippen LogP contribution in [0.15, 0.2) is 0 Å². The Bertz CT molecular complexity index is 24.6. The zero-order valence-electron chi connectivity index (χ0n) is 2.21. The fourth-order valence-electron chi connectivity index (χ4n) is 0. The summed E-state index contributed by atoms with van der Waals surface area (Å²) in [6.45, 7) is 0. The van der Waals surface area contributed by atoms with Crippen molar-refractivity contribution in [2.45, 2.75) is 0 Å². The van der Waals surface area contributed by atoms with Crippen LogP contribution in [-0.4, -0.2) is 10.5 Å². The summed E-state index contributed by atoms with van der Waals surface area (Å²) in [7, 11) is 0. The molecule has 0 heterocycles. The van der Waals surface area contributed by atoms with Crippen LogP contribution in [0.5, 0.6) is 0 Å². The molecule has 30 valence electrons. The molecule has 0 unspecified atom stereocenters. The van der Waals surface area contributed by atoms with Gasteiger partial charge in [0.25, 0.3) is 0 Å². The molecule has 0 bridgehead atoms. The van der Waals surface area contributed by atoms with Gasteiger partial charge in [-0.15, -0.1) is 0 Å². The van der Waals surface area contributed by atoms with E-state index < -0.39 is 27.8 Å². The molecule has 0 fully saturated rings. The summed E-state index contributed by atoms with van der Waals surface area (Å²) in [4.78, 5) is 0. The van der Waals surface area contributed by atoms with E-state index in [4.69, 9.17) is 15.0 Å². The van der Waals surface area contributed by atoms with Crippen LogP contribution in [0.3, 0.4) is 0 Å². The minimum absolute atomic E-state index is 2.51. The summed E-state index contributed by atoms with van der Waals surface area (Å²) in [5.41, 5.74) is 0. The topological polar surface area (TPSA) is 74.6 Å². The fraction of sp³-hybridized carbons (Fsp3) is 0. The molecule has 0 spiro atoms. The van der Waals surface area contributed by atoms with Crippen molar-refractivity contribution >= 4 is 0 Å². The summed E-state index contributed by atoms with van der Waals surface area (Å²) in [5.74, 6) is 0. The van der Waals surface area contributed by atoms with Gasteiger partial charge in [0, 0.05) is 0 Å². The average molecular weight is 304 g/mol. The summed E-state index contributed by atoms with van der Waals surface area (Å²) in [6.07, 6.45) is 0. The van der Waals surface area contributed by atoms with E-state index in [1.807, 2.05) is 0 Å². The van der Waals surface area contributed by atoms with E-state index in [1.165, 1.54) is 0 Å². The van der Waals surface area contributed by atoms with Crippen molar-refractivity contribution in [1.82, 2.24) is 0 Å². The molecule has 0 aromatic rings. The average Bonchev–Trinajstić information content (AvgIpc) is 1.46. The monoisotopic (exact) mass is 304 g/mol. The molecule has 0 aromatic heterocycles. The molecule has 2 N–H and O–H groups in total. The maximum absolute atomic E-state index is 8.58. The van der Waals surface area contributed by atoms with E-state index in [0.29, 0.717) is 0 Å². The first-order chi connectivity index (χ1) is 2.41. The van der Waals surface area contributed by atoms with E-state index in [9.17, 15) is 0 Å². The van der Waals surface area contributed by atoms with E-state index in [1.54, 1.807) is 0 Å².